The minimum Gasteiger partial charge on any atom is -0.493 e. The maximum Gasteiger partial charge on any atom is 0.317 e. The molecule has 3 aromatic rings. The lowest BCUT2D eigenvalue weighted by atomic mass is 10.1. The number of rotatable bonds is 6. The summed E-state index contributed by atoms with van der Waals surface area (Å²) >= 11 is 7.34. The fourth-order valence-electron chi connectivity index (χ4n) is 2.39. The Morgan fingerprint density at radius 2 is 1.85 bits per heavy atom. The zero-order valence-corrected chi connectivity index (χ0v) is 16.3. The molecule has 1 aromatic heterocycles. The number of carbonyl (C=O) groups excluding carboxylic acids is 2. The van der Waals surface area contributed by atoms with Crippen molar-refractivity contribution in [3.63, 3.8) is 0 Å². The van der Waals surface area contributed by atoms with Crippen LogP contribution in [-0.2, 0) is 11.2 Å². The first-order valence-corrected chi connectivity index (χ1v) is 9.32. The van der Waals surface area contributed by atoms with Crippen LogP contribution in [0.25, 0.3) is 10.6 Å². The van der Waals surface area contributed by atoms with Crippen LogP contribution in [-0.4, -0.2) is 23.8 Å². The van der Waals surface area contributed by atoms with Gasteiger partial charge in [-0.25, -0.2) is 4.98 Å². The molecule has 0 atom stereocenters. The number of ether oxygens (including phenoxy) is 2. The van der Waals surface area contributed by atoms with E-state index in [4.69, 9.17) is 21.1 Å². The largest absolute Gasteiger partial charge is 0.493 e. The molecule has 0 bridgehead atoms. The Morgan fingerprint density at radius 3 is 2.52 bits per heavy atom. The maximum atomic E-state index is 12.3. The SMILES string of the molecule is COc1cc(C(C)=O)ccc1OC(=O)Cc1csc(-c2ccc(Cl)cc2)n1. The molecule has 0 unspecified atom stereocenters. The Balaban J connectivity index is 1.69. The lowest BCUT2D eigenvalue weighted by molar-refractivity contribution is -0.133. The van der Waals surface area contributed by atoms with E-state index in [9.17, 15) is 9.59 Å². The van der Waals surface area contributed by atoms with Gasteiger partial charge in [0.2, 0.25) is 0 Å². The smallest absolute Gasteiger partial charge is 0.317 e. The highest BCUT2D eigenvalue weighted by Crippen LogP contribution is 2.29. The summed E-state index contributed by atoms with van der Waals surface area (Å²) in [4.78, 5) is 28.2. The van der Waals surface area contributed by atoms with Gasteiger partial charge in [-0.05, 0) is 37.3 Å². The molecule has 0 spiro atoms. The van der Waals surface area contributed by atoms with Crippen molar-refractivity contribution in [1.29, 1.82) is 0 Å². The second kappa shape index (κ2) is 8.33. The fraction of sp³-hybridized carbons (Fsp3) is 0.150. The molecule has 2 aromatic carbocycles. The van der Waals surface area contributed by atoms with Gasteiger partial charge in [0.25, 0.3) is 0 Å². The summed E-state index contributed by atoms with van der Waals surface area (Å²) in [5.41, 5.74) is 2.04. The molecule has 0 amide bonds. The lowest BCUT2D eigenvalue weighted by Gasteiger charge is -2.09. The third kappa shape index (κ3) is 4.72. The van der Waals surface area contributed by atoms with E-state index in [-0.39, 0.29) is 18.0 Å². The van der Waals surface area contributed by atoms with Crippen LogP contribution < -0.4 is 9.47 Å². The number of thiazole rings is 1. The fourth-order valence-corrected chi connectivity index (χ4v) is 3.34. The summed E-state index contributed by atoms with van der Waals surface area (Å²) in [6.07, 6.45) is 0.0295. The predicted molar refractivity (Wildman–Crippen MR) is 105 cm³/mol. The topological polar surface area (TPSA) is 65.5 Å². The summed E-state index contributed by atoms with van der Waals surface area (Å²) in [7, 11) is 1.45. The number of hydrogen-bond acceptors (Lipinski definition) is 6. The number of hydrogen-bond donors (Lipinski definition) is 0. The second-order valence-electron chi connectivity index (χ2n) is 5.72. The van der Waals surface area contributed by atoms with Crippen LogP contribution in [0.5, 0.6) is 11.5 Å². The second-order valence-corrected chi connectivity index (χ2v) is 7.02. The Labute approximate surface area is 165 Å². The molecule has 138 valence electrons. The van der Waals surface area contributed by atoms with E-state index in [2.05, 4.69) is 4.98 Å². The predicted octanol–water partition coefficient (Wildman–Crippen LogP) is 4.82. The van der Waals surface area contributed by atoms with E-state index < -0.39 is 5.97 Å². The van der Waals surface area contributed by atoms with E-state index in [0.29, 0.717) is 22.0 Å². The molecule has 0 saturated carbocycles. The van der Waals surface area contributed by atoms with Gasteiger partial charge < -0.3 is 9.47 Å². The number of carbonyl (C=O) groups is 2. The molecule has 0 saturated heterocycles. The van der Waals surface area contributed by atoms with Crippen molar-refractivity contribution in [1.82, 2.24) is 4.98 Å². The standard InChI is InChI=1S/C20H16ClNO4S/c1-12(23)14-5-8-17(18(9-14)25-2)26-19(24)10-16-11-27-20(22-16)13-3-6-15(21)7-4-13/h3-9,11H,10H2,1-2H3. The molecule has 3 rings (SSSR count). The van der Waals surface area contributed by atoms with Crippen LogP contribution in [0.1, 0.15) is 23.0 Å². The minimum absolute atomic E-state index is 0.0295. The van der Waals surface area contributed by atoms with E-state index in [1.807, 2.05) is 17.5 Å². The molecular weight excluding hydrogens is 386 g/mol. The zero-order chi connectivity index (χ0) is 19.4. The molecule has 0 radical (unpaired) electrons. The highest BCUT2D eigenvalue weighted by Gasteiger charge is 2.15. The molecule has 0 aliphatic carbocycles. The van der Waals surface area contributed by atoms with Gasteiger partial charge >= 0.3 is 5.97 Å². The number of methoxy groups -OCH3 is 1. The minimum atomic E-state index is -0.461. The van der Waals surface area contributed by atoms with Gasteiger partial charge in [-0.1, -0.05) is 23.7 Å². The quantitative estimate of drug-likeness (QED) is 0.336. The summed E-state index contributed by atoms with van der Waals surface area (Å²) in [5.74, 6) is 0.0389. The first kappa shape index (κ1) is 19.1. The molecule has 0 aliphatic heterocycles. The number of Topliss-reactive ketones (excluding diaryl/α,β-unsaturated/α-hetero) is 1. The maximum absolute atomic E-state index is 12.3. The van der Waals surface area contributed by atoms with Crippen LogP contribution >= 0.6 is 22.9 Å². The zero-order valence-electron chi connectivity index (χ0n) is 14.7. The van der Waals surface area contributed by atoms with Gasteiger partial charge in [-0.2, -0.15) is 0 Å². The molecule has 0 aliphatic rings. The number of esters is 1. The van der Waals surface area contributed by atoms with Gasteiger partial charge in [0, 0.05) is 21.5 Å². The number of benzene rings is 2. The van der Waals surface area contributed by atoms with Crippen LogP contribution in [0, 0.1) is 0 Å². The van der Waals surface area contributed by atoms with Gasteiger partial charge in [0.15, 0.2) is 17.3 Å². The van der Waals surface area contributed by atoms with Crippen molar-refractivity contribution in [3.05, 3.63) is 64.1 Å². The number of aromatic nitrogens is 1. The number of nitrogens with zero attached hydrogens (tertiary/aromatic N) is 1. The third-order valence-electron chi connectivity index (χ3n) is 3.76. The van der Waals surface area contributed by atoms with Gasteiger partial charge in [0.05, 0.1) is 19.2 Å². The third-order valence-corrected chi connectivity index (χ3v) is 4.95. The molecular formula is C20H16ClNO4S. The average Bonchev–Trinajstić information content (AvgIpc) is 3.10. The monoisotopic (exact) mass is 401 g/mol. The van der Waals surface area contributed by atoms with Crippen molar-refractivity contribution in [3.8, 4) is 22.1 Å². The van der Waals surface area contributed by atoms with Crippen molar-refractivity contribution in [2.24, 2.45) is 0 Å². The summed E-state index contributed by atoms with van der Waals surface area (Å²) < 4.78 is 10.6. The first-order chi connectivity index (χ1) is 13.0. The highest BCUT2D eigenvalue weighted by molar-refractivity contribution is 7.13. The summed E-state index contributed by atoms with van der Waals surface area (Å²) in [5, 5.41) is 3.28. The van der Waals surface area contributed by atoms with Crippen LogP contribution in [0.15, 0.2) is 47.8 Å². The normalized spacial score (nSPS) is 10.5. The van der Waals surface area contributed by atoms with E-state index in [0.717, 1.165) is 10.6 Å². The first-order valence-electron chi connectivity index (χ1n) is 8.06. The van der Waals surface area contributed by atoms with Crippen molar-refractivity contribution < 1.29 is 19.1 Å². The van der Waals surface area contributed by atoms with E-state index in [1.165, 1.54) is 25.4 Å². The van der Waals surface area contributed by atoms with Crippen LogP contribution in [0.3, 0.4) is 0 Å². The van der Waals surface area contributed by atoms with Crippen molar-refractivity contribution in [2.45, 2.75) is 13.3 Å². The van der Waals surface area contributed by atoms with Crippen molar-refractivity contribution in [2.75, 3.05) is 7.11 Å². The Hall–Kier alpha value is -2.70. The molecule has 1 heterocycles. The Morgan fingerprint density at radius 1 is 1.11 bits per heavy atom. The molecule has 0 N–H and O–H groups in total. The summed E-state index contributed by atoms with van der Waals surface area (Å²) in [6.45, 7) is 1.46. The number of ketones is 1. The summed E-state index contributed by atoms with van der Waals surface area (Å²) in [6, 6.07) is 12.0. The van der Waals surface area contributed by atoms with Gasteiger partial charge in [-0.15, -0.1) is 11.3 Å². The van der Waals surface area contributed by atoms with Crippen molar-refractivity contribution >= 4 is 34.7 Å². The van der Waals surface area contributed by atoms with E-state index in [1.54, 1.807) is 30.3 Å². The molecule has 27 heavy (non-hydrogen) atoms. The van der Waals surface area contributed by atoms with Crippen LogP contribution in [0.4, 0.5) is 0 Å². The lowest BCUT2D eigenvalue weighted by Crippen LogP contribution is -2.12. The molecule has 0 fully saturated rings. The van der Waals surface area contributed by atoms with Gasteiger partial charge in [0.1, 0.15) is 5.01 Å². The Bertz CT molecular complexity index is 982. The van der Waals surface area contributed by atoms with E-state index >= 15 is 0 Å². The highest BCUT2D eigenvalue weighted by atomic mass is 35.5. The molecule has 7 heteroatoms. The Kier molecular flexibility index (Phi) is 5.88. The molecule has 5 nitrogen and oxygen atoms in total. The van der Waals surface area contributed by atoms with Gasteiger partial charge in [-0.3, -0.25) is 9.59 Å². The average molecular weight is 402 g/mol. The number of halogens is 1. The van der Waals surface area contributed by atoms with Crippen LogP contribution in [0.2, 0.25) is 5.02 Å².